The number of hydrogen-bond acceptors (Lipinski definition) is 4. The fraction of sp³-hybridized carbons (Fsp3) is 0.500. The quantitative estimate of drug-likeness (QED) is 0.797. The standard InChI is InChI=1S/C18H22ClN3O3/c1-2-25-16(23)9-11-3-5-12(6-4-11)21-18(24)13-7-8-15(19)14-10-20-22-17(13)14/h7-8,10-12H,2-6,9H2,1H3,(H,20,22)(H,21,24). The van der Waals surface area contributed by atoms with Crippen LogP contribution in [0.5, 0.6) is 0 Å². The highest BCUT2D eigenvalue weighted by atomic mass is 35.5. The maximum atomic E-state index is 12.6. The molecule has 25 heavy (non-hydrogen) atoms. The zero-order chi connectivity index (χ0) is 17.8. The van der Waals surface area contributed by atoms with E-state index >= 15 is 0 Å². The summed E-state index contributed by atoms with van der Waals surface area (Å²) in [5.74, 6) is 0.0968. The minimum absolute atomic E-state index is 0.125. The third kappa shape index (κ3) is 4.12. The Hall–Kier alpha value is -2.08. The van der Waals surface area contributed by atoms with E-state index in [-0.39, 0.29) is 17.9 Å². The molecule has 0 bridgehead atoms. The van der Waals surface area contributed by atoms with Gasteiger partial charge in [-0.15, -0.1) is 0 Å². The Kier molecular flexibility index (Phi) is 5.58. The SMILES string of the molecule is CCOC(=O)CC1CCC(NC(=O)c2ccc(Cl)c3cn[nH]c23)CC1. The number of rotatable bonds is 5. The Labute approximate surface area is 151 Å². The Bertz CT molecular complexity index is 766. The van der Waals surface area contributed by atoms with Gasteiger partial charge in [0, 0.05) is 17.8 Å². The lowest BCUT2D eigenvalue weighted by Crippen LogP contribution is -2.38. The number of H-pyrrole nitrogens is 1. The number of aromatic amines is 1. The van der Waals surface area contributed by atoms with E-state index in [1.165, 1.54) is 0 Å². The van der Waals surface area contributed by atoms with E-state index < -0.39 is 0 Å². The van der Waals surface area contributed by atoms with Gasteiger partial charge in [0.05, 0.1) is 28.9 Å². The molecule has 1 aromatic heterocycles. The van der Waals surface area contributed by atoms with E-state index in [9.17, 15) is 9.59 Å². The monoisotopic (exact) mass is 363 g/mol. The highest BCUT2D eigenvalue weighted by Gasteiger charge is 2.25. The lowest BCUT2D eigenvalue weighted by molar-refractivity contribution is -0.144. The van der Waals surface area contributed by atoms with Crippen molar-refractivity contribution in [3.05, 3.63) is 28.9 Å². The van der Waals surface area contributed by atoms with Crippen LogP contribution in [0.2, 0.25) is 5.02 Å². The molecule has 1 aliphatic rings. The van der Waals surface area contributed by atoms with Crippen molar-refractivity contribution in [2.24, 2.45) is 5.92 Å². The number of hydrogen-bond donors (Lipinski definition) is 2. The maximum absolute atomic E-state index is 12.6. The first-order valence-corrected chi connectivity index (χ1v) is 9.04. The molecule has 3 rings (SSSR count). The number of aromatic nitrogens is 2. The van der Waals surface area contributed by atoms with Crippen LogP contribution in [0.15, 0.2) is 18.3 Å². The van der Waals surface area contributed by atoms with E-state index in [1.54, 1.807) is 18.3 Å². The van der Waals surface area contributed by atoms with Crippen molar-refractivity contribution in [1.29, 1.82) is 0 Å². The van der Waals surface area contributed by atoms with Gasteiger partial charge in [-0.3, -0.25) is 14.7 Å². The van der Waals surface area contributed by atoms with Gasteiger partial charge >= 0.3 is 5.97 Å². The first kappa shape index (κ1) is 17.7. The molecule has 0 aliphatic heterocycles. The zero-order valence-electron chi connectivity index (χ0n) is 14.2. The number of amides is 1. The summed E-state index contributed by atoms with van der Waals surface area (Å²) in [5.41, 5.74) is 1.20. The van der Waals surface area contributed by atoms with E-state index in [0.717, 1.165) is 31.1 Å². The lowest BCUT2D eigenvalue weighted by atomic mass is 9.84. The largest absolute Gasteiger partial charge is 0.466 e. The number of carbonyl (C=O) groups excluding carboxylic acids is 2. The van der Waals surface area contributed by atoms with Crippen LogP contribution in [-0.2, 0) is 9.53 Å². The second kappa shape index (κ2) is 7.87. The number of fused-ring (bicyclic) bond motifs is 1. The average Bonchev–Trinajstić information content (AvgIpc) is 3.07. The summed E-state index contributed by atoms with van der Waals surface area (Å²) < 4.78 is 5.01. The molecule has 1 aliphatic carbocycles. The summed E-state index contributed by atoms with van der Waals surface area (Å²) in [6.07, 6.45) is 5.67. The highest BCUT2D eigenvalue weighted by molar-refractivity contribution is 6.35. The summed E-state index contributed by atoms with van der Waals surface area (Å²) >= 11 is 6.12. The number of halogens is 1. The summed E-state index contributed by atoms with van der Waals surface area (Å²) in [6.45, 7) is 2.24. The molecule has 0 spiro atoms. The van der Waals surface area contributed by atoms with Gasteiger partial charge in [0.25, 0.3) is 5.91 Å². The van der Waals surface area contributed by atoms with Crippen molar-refractivity contribution in [2.45, 2.75) is 45.1 Å². The predicted molar refractivity (Wildman–Crippen MR) is 95.6 cm³/mol. The number of esters is 1. The molecule has 1 fully saturated rings. The van der Waals surface area contributed by atoms with Gasteiger partial charge in [-0.25, -0.2) is 0 Å². The van der Waals surface area contributed by atoms with Crippen LogP contribution in [0, 0.1) is 5.92 Å². The van der Waals surface area contributed by atoms with Gasteiger partial charge in [0.2, 0.25) is 0 Å². The van der Waals surface area contributed by atoms with Crippen LogP contribution < -0.4 is 5.32 Å². The first-order chi connectivity index (χ1) is 12.1. The normalized spacial score (nSPS) is 20.4. The topological polar surface area (TPSA) is 84.1 Å². The van der Waals surface area contributed by atoms with Crippen molar-refractivity contribution in [3.8, 4) is 0 Å². The van der Waals surface area contributed by atoms with Crippen molar-refractivity contribution in [2.75, 3.05) is 6.61 Å². The molecule has 0 atom stereocenters. The molecule has 1 aromatic carbocycles. The number of nitrogens with one attached hydrogen (secondary N) is 2. The van der Waals surface area contributed by atoms with Gasteiger partial charge in [-0.2, -0.15) is 5.10 Å². The molecular weight excluding hydrogens is 342 g/mol. The van der Waals surface area contributed by atoms with Gasteiger partial charge in [-0.05, 0) is 50.7 Å². The zero-order valence-corrected chi connectivity index (χ0v) is 14.9. The molecule has 0 unspecified atom stereocenters. The molecule has 2 aromatic rings. The number of ether oxygens (including phenoxy) is 1. The Balaban J connectivity index is 1.57. The third-order valence-corrected chi connectivity index (χ3v) is 5.08. The average molecular weight is 364 g/mol. The summed E-state index contributed by atoms with van der Waals surface area (Å²) in [7, 11) is 0. The van der Waals surface area contributed by atoms with E-state index in [2.05, 4.69) is 15.5 Å². The molecule has 6 nitrogen and oxygen atoms in total. The van der Waals surface area contributed by atoms with Crippen LogP contribution in [0.25, 0.3) is 10.9 Å². The van der Waals surface area contributed by atoms with Crippen LogP contribution in [0.1, 0.15) is 49.4 Å². The molecule has 1 saturated carbocycles. The van der Waals surface area contributed by atoms with Crippen LogP contribution in [0.3, 0.4) is 0 Å². The third-order valence-electron chi connectivity index (χ3n) is 4.75. The first-order valence-electron chi connectivity index (χ1n) is 8.66. The molecule has 134 valence electrons. The van der Waals surface area contributed by atoms with E-state index in [4.69, 9.17) is 16.3 Å². The minimum atomic E-state index is -0.127. The summed E-state index contributed by atoms with van der Waals surface area (Å²) in [6, 6.07) is 3.55. The van der Waals surface area contributed by atoms with Crippen molar-refractivity contribution >= 4 is 34.4 Å². The molecular formula is C18H22ClN3O3. The van der Waals surface area contributed by atoms with E-state index in [0.29, 0.717) is 35.0 Å². The molecule has 7 heteroatoms. The number of benzene rings is 1. The smallest absolute Gasteiger partial charge is 0.306 e. The molecule has 0 saturated heterocycles. The molecule has 1 heterocycles. The van der Waals surface area contributed by atoms with Crippen molar-refractivity contribution in [3.63, 3.8) is 0 Å². The second-order valence-electron chi connectivity index (χ2n) is 6.45. The minimum Gasteiger partial charge on any atom is -0.466 e. The fourth-order valence-electron chi connectivity index (χ4n) is 3.42. The van der Waals surface area contributed by atoms with Gasteiger partial charge in [0.1, 0.15) is 0 Å². The Morgan fingerprint density at radius 2 is 2.08 bits per heavy atom. The van der Waals surface area contributed by atoms with Crippen molar-refractivity contribution in [1.82, 2.24) is 15.5 Å². The molecule has 0 radical (unpaired) electrons. The predicted octanol–water partition coefficient (Wildman–Crippen LogP) is 3.46. The van der Waals surface area contributed by atoms with Gasteiger partial charge in [-0.1, -0.05) is 11.6 Å². The maximum Gasteiger partial charge on any atom is 0.306 e. The fourth-order valence-corrected chi connectivity index (χ4v) is 3.63. The summed E-state index contributed by atoms with van der Waals surface area (Å²) in [4.78, 5) is 24.2. The van der Waals surface area contributed by atoms with Crippen LogP contribution >= 0.6 is 11.6 Å². The number of carbonyl (C=O) groups is 2. The highest BCUT2D eigenvalue weighted by Crippen LogP contribution is 2.28. The van der Waals surface area contributed by atoms with Gasteiger partial charge < -0.3 is 10.1 Å². The van der Waals surface area contributed by atoms with Gasteiger partial charge in [0.15, 0.2) is 0 Å². The summed E-state index contributed by atoms with van der Waals surface area (Å²) in [5, 5.41) is 11.2. The van der Waals surface area contributed by atoms with E-state index in [1.807, 2.05) is 6.92 Å². The Morgan fingerprint density at radius 1 is 1.32 bits per heavy atom. The lowest BCUT2D eigenvalue weighted by Gasteiger charge is -2.28. The molecule has 2 N–H and O–H groups in total. The molecule has 1 amide bonds. The second-order valence-corrected chi connectivity index (χ2v) is 6.86. The van der Waals surface area contributed by atoms with Crippen LogP contribution in [-0.4, -0.2) is 34.7 Å². The van der Waals surface area contributed by atoms with Crippen LogP contribution in [0.4, 0.5) is 0 Å². The Morgan fingerprint density at radius 3 is 2.80 bits per heavy atom. The van der Waals surface area contributed by atoms with Crippen molar-refractivity contribution < 1.29 is 14.3 Å². The number of nitrogens with zero attached hydrogens (tertiary/aromatic N) is 1.